The van der Waals surface area contributed by atoms with Gasteiger partial charge >= 0.3 is 0 Å². The van der Waals surface area contributed by atoms with Crippen LogP contribution in [-0.2, 0) is 22.6 Å². The van der Waals surface area contributed by atoms with Gasteiger partial charge < -0.3 is 9.32 Å². The predicted molar refractivity (Wildman–Crippen MR) is 185 cm³/mol. The van der Waals surface area contributed by atoms with Crippen LogP contribution in [0, 0.1) is 12.7 Å². The van der Waals surface area contributed by atoms with E-state index in [-0.39, 0.29) is 34.0 Å². The van der Waals surface area contributed by atoms with Gasteiger partial charge in [0.1, 0.15) is 11.4 Å². The molecule has 0 N–H and O–H groups in total. The van der Waals surface area contributed by atoms with E-state index in [0.29, 0.717) is 37.0 Å². The van der Waals surface area contributed by atoms with Crippen molar-refractivity contribution in [3.8, 4) is 0 Å². The summed E-state index contributed by atoms with van der Waals surface area (Å²) in [6.45, 7) is 1.91. The fourth-order valence-electron chi connectivity index (χ4n) is 6.34. The minimum absolute atomic E-state index is 0.0618. The fourth-order valence-corrected chi connectivity index (χ4v) is 8.79. The van der Waals surface area contributed by atoms with Crippen LogP contribution in [-0.4, -0.2) is 22.0 Å². The van der Waals surface area contributed by atoms with Crippen molar-refractivity contribution in [2.75, 3.05) is 9.80 Å². The first-order valence-corrected chi connectivity index (χ1v) is 17.2. The SMILES string of the molecule is Cc1ccc2oc3c(c(=O)c2c1)C1(C(=O)N(Cc2ccc(F)cc2)c2ccccc21)N(c1nnc(SCc2ccc(Cl)cc2Cl)s1)C3=O. The van der Waals surface area contributed by atoms with Crippen molar-refractivity contribution >= 4 is 79.9 Å². The molecule has 0 radical (unpaired) electrons. The second-order valence-electron chi connectivity index (χ2n) is 11.4. The van der Waals surface area contributed by atoms with Crippen molar-refractivity contribution in [1.82, 2.24) is 10.2 Å². The highest BCUT2D eigenvalue weighted by Gasteiger charge is 2.66. The number of halogens is 3. The van der Waals surface area contributed by atoms with Gasteiger partial charge in [-0.05, 0) is 60.5 Å². The Hall–Kier alpha value is -4.55. The highest BCUT2D eigenvalue weighted by molar-refractivity contribution is 8.00. The number of fused-ring (bicyclic) bond motifs is 5. The zero-order valence-electron chi connectivity index (χ0n) is 24.9. The largest absolute Gasteiger partial charge is 0.450 e. The molecular weight excluding hydrogens is 694 g/mol. The summed E-state index contributed by atoms with van der Waals surface area (Å²) < 4.78 is 20.5. The summed E-state index contributed by atoms with van der Waals surface area (Å²) in [5.74, 6) is -1.43. The molecule has 4 aromatic carbocycles. The Morgan fingerprint density at radius 3 is 2.54 bits per heavy atom. The average molecular weight is 716 g/mol. The maximum absolute atomic E-state index is 15.1. The Kier molecular flexibility index (Phi) is 7.40. The molecular formula is C35H21Cl2FN4O4S2. The molecule has 1 unspecified atom stereocenters. The van der Waals surface area contributed by atoms with Gasteiger partial charge in [-0.15, -0.1) is 10.2 Å². The number of carbonyl (C=O) groups excluding carboxylic acids is 2. The van der Waals surface area contributed by atoms with Gasteiger partial charge in [0, 0.05) is 21.4 Å². The minimum Gasteiger partial charge on any atom is -0.450 e. The Balaban J connectivity index is 1.31. The molecule has 0 aliphatic carbocycles. The molecule has 4 heterocycles. The maximum Gasteiger partial charge on any atom is 0.297 e. The molecule has 13 heteroatoms. The zero-order valence-corrected chi connectivity index (χ0v) is 28.0. The lowest BCUT2D eigenvalue weighted by molar-refractivity contribution is -0.121. The van der Waals surface area contributed by atoms with Crippen LogP contribution in [0.15, 0.2) is 98.5 Å². The number of anilines is 2. The molecule has 8 nitrogen and oxygen atoms in total. The summed E-state index contributed by atoms with van der Waals surface area (Å²) in [4.78, 5) is 46.9. The molecule has 48 heavy (non-hydrogen) atoms. The second kappa shape index (κ2) is 11.6. The molecule has 1 spiro atoms. The Morgan fingerprint density at radius 1 is 0.958 bits per heavy atom. The first-order valence-electron chi connectivity index (χ1n) is 14.7. The third kappa shape index (κ3) is 4.67. The fraction of sp³-hybridized carbons (Fsp3) is 0.114. The predicted octanol–water partition coefficient (Wildman–Crippen LogP) is 8.14. The third-order valence-electron chi connectivity index (χ3n) is 8.49. The average Bonchev–Trinajstić information content (AvgIpc) is 3.71. The summed E-state index contributed by atoms with van der Waals surface area (Å²) in [5.41, 5.74) is 0.927. The number of hydrogen-bond donors (Lipinski definition) is 0. The van der Waals surface area contributed by atoms with Crippen molar-refractivity contribution in [3.63, 3.8) is 0 Å². The maximum atomic E-state index is 15.1. The summed E-state index contributed by atoms with van der Waals surface area (Å²) in [6, 6.07) is 23.2. The zero-order chi connectivity index (χ0) is 33.3. The standard InChI is InChI=1S/C35H21Cl2FN4O4S2/c1-18-6-13-27-23(14-18)29(43)28-30(46-27)31(44)42(33-39-40-34(48-33)47-17-20-9-10-21(36)15-25(20)37)35(28)24-4-2-3-5-26(24)41(32(35)45)16-19-7-11-22(38)12-8-19/h2-15H,16-17H2,1H3. The number of aromatic nitrogens is 2. The van der Waals surface area contributed by atoms with Crippen LogP contribution < -0.4 is 15.2 Å². The van der Waals surface area contributed by atoms with Gasteiger partial charge in [0.15, 0.2) is 15.3 Å². The van der Waals surface area contributed by atoms with E-state index in [1.165, 1.54) is 33.7 Å². The van der Waals surface area contributed by atoms with Gasteiger partial charge in [0.05, 0.1) is 23.2 Å². The topological polar surface area (TPSA) is 96.6 Å². The van der Waals surface area contributed by atoms with Crippen LogP contribution in [0.5, 0.6) is 0 Å². The molecule has 0 fully saturated rings. The molecule has 8 rings (SSSR count). The van der Waals surface area contributed by atoms with Crippen molar-refractivity contribution in [2.24, 2.45) is 0 Å². The lowest BCUT2D eigenvalue weighted by Crippen LogP contribution is -2.53. The minimum atomic E-state index is -1.94. The van der Waals surface area contributed by atoms with Gasteiger partial charge in [-0.1, -0.05) is 94.3 Å². The van der Waals surface area contributed by atoms with Gasteiger partial charge in [-0.25, -0.2) is 4.39 Å². The lowest BCUT2D eigenvalue weighted by atomic mass is 9.84. The lowest BCUT2D eigenvalue weighted by Gasteiger charge is -2.32. The summed E-state index contributed by atoms with van der Waals surface area (Å²) in [5, 5.41) is 10.1. The molecule has 2 amide bonds. The number of carbonyl (C=O) groups is 2. The molecule has 0 bridgehead atoms. The second-order valence-corrected chi connectivity index (χ2v) is 14.4. The molecule has 2 aromatic heterocycles. The number of rotatable bonds is 6. The van der Waals surface area contributed by atoms with Crippen LogP contribution in [0.2, 0.25) is 10.0 Å². The number of thioether (sulfide) groups is 1. The van der Waals surface area contributed by atoms with Gasteiger partial charge in [-0.2, -0.15) is 0 Å². The Bertz CT molecular complexity index is 2380. The van der Waals surface area contributed by atoms with Crippen LogP contribution in [0.4, 0.5) is 15.2 Å². The first kappa shape index (κ1) is 30.8. The molecule has 0 saturated carbocycles. The van der Waals surface area contributed by atoms with E-state index >= 15 is 4.79 Å². The van der Waals surface area contributed by atoms with Gasteiger partial charge in [-0.3, -0.25) is 19.3 Å². The summed E-state index contributed by atoms with van der Waals surface area (Å²) >= 11 is 14.9. The van der Waals surface area contributed by atoms with Gasteiger partial charge in [0.25, 0.3) is 11.8 Å². The van der Waals surface area contributed by atoms with Gasteiger partial charge in [0.2, 0.25) is 10.9 Å². The van der Waals surface area contributed by atoms with E-state index < -0.39 is 28.6 Å². The number of benzene rings is 4. The number of nitrogens with zero attached hydrogens (tertiary/aromatic N) is 4. The molecule has 238 valence electrons. The Labute approximate surface area is 290 Å². The molecule has 6 aromatic rings. The quantitative estimate of drug-likeness (QED) is 0.127. The summed E-state index contributed by atoms with van der Waals surface area (Å²) in [6.07, 6.45) is 0. The van der Waals surface area contributed by atoms with E-state index in [0.717, 1.165) is 22.5 Å². The first-order chi connectivity index (χ1) is 23.2. The van der Waals surface area contributed by atoms with Crippen molar-refractivity contribution < 1.29 is 18.4 Å². The third-order valence-corrected chi connectivity index (χ3v) is 11.2. The summed E-state index contributed by atoms with van der Waals surface area (Å²) in [7, 11) is 0. The van der Waals surface area contributed by atoms with Crippen LogP contribution in [0.25, 0.3) is 11.0 Å². The number of para-hydroxylation sites is 1. The highest BCUT2D eigenvalue weighted by Crippen LogP contribution is 2.55. The van der Waals surface area contributed by atoms with E-state index in [1.54, 1.807) is 66.7 Å². The van der Waals surface area contributed by atoms with E-state index in [2.05, 4.69) is 10.2 Å². The molecule has 2 aliphatic heterocycles. The number of amides is 2. The van der Waals surface area contributed by atoms with E-state index in [4.69, 9.17) is 27.6 Å². The van der Waals surface area contributed by atoms with Crippen molar-refractivity contribution in [3.05, 3.63) is 145 Å². The molecule has 0 saturated heterocycles. The van der Waals surface area contributed by atoms with Crippen molar-refractivity contribution in [1.29, 1.82) is 0 Å². The number of aryl methyl sites for hydroxylation is 1. The van der Waals surface area contributed by atoms with Crippen LogP contribution in [0.3, 0.4) is 0 Å². The van der Waals surface area contributed by atoms with E-state index in [1.807, 2.05) is 13.0 Å². The smallest absolute Gasteiger partial charge is 0.297 e. The number of hydrogen-bond acceptors (Lipinski definition) is 8. The van der Waals surface area contributed by atoms with Crippen LogP contribution in [0.1, 0.15) is 38.4 Å². The van der Waals surface area contributed by atoms with E-state index in [9.17, 15) is 14.0 Å². The van der Waals surface area contributed by atoms with Crippen molar-refractivity contribution in [2.45, 2.75) is 29.1 Å². The van der Waals surface area contributed by atoms with Crippen LogP contribution >= 0.6 is 46.3 Å². The monoisotopic (exact) mass is 714 g/mol. The normalized spacial score (nSPS) is 16.8. The highest BCUT2D eigenvalue weighted by atomic mass is 35.5. The Morgan fingerprint density at radius 2 is 1.75 bits per heavy atom. The molecule has 1 atom stereocenters. The molecule has 2 aliphatic rings.